The van der Waals surface area contributed by atoms with E-state index in [1.807, 2.05) is 60.7 Å². The molecule has 4 nitrogen and oxygen atoms in total. The van der Waals surface area contributed by atoms with Crippen molar-refractivity contribution in [1.29, 1.82) is 0 Å². The molecule has 0 saturated carbocycles. The van der Waals surface area contributed by atoms with Gasteiger partial charge >= 0.3 is 0 Å². The second-order valence-corrected chi connectivity index (χ2v) is 6.34. The number of amides is 1. The van der Waals surface area contributed by atoms with E-state index in [-0.39, 0.29) is 5.91 Å². The molecule has 1 N–H and O–H groups in total. The fourth-order valence-corrected chi connectivity index (χ4v) is 2.96. The second-order valence-electron chi connectivity index (χ2n) is 5.90. The summed E-state index contributed by atoms with van der Waals surface area (Å²) in [5, 5.41) is 9.54. The third-order valence-electron chi connectivity index (χ3n) is 4.15. The molecule has 0 aliphatic rings. The van der Waals surface area contributed by atoms with Crippen molar-refractivity contribution in [1.82, 2.24) is 10.5 Å². The lowest BCUT2D eigenvalue weighted by Crippen LogP contribution is -2.23. The first kappa shape index (κ1) is 16.4. The number of benzene rings is 3. The Hall–Kier alpha value is -3.11. The van der Waals surface area contributed by atoms with Gasteiger partial charge in [-0.3, -0.25) is 4.79 Å². The number of nitrogens with zero attached hydrogens (tertiary/aromatic N) is 1. The molecule has 4 rings (SSSR count). The molecule has 4 aromatic rings. The quantitative estimate of drug-likeness (QED) is 0.551. The van der Waals surface area contributed by atoms with Gasteiger partial charge in [0.25, 0.3) is 5.91 Å². The van der Waals surface area contributed by atoms with Crippen LogP contribution < -0.4 is 5.32 Å². The predicted octanol–water partition coefficient (Wildman–Crippen LogP) is 5.08. The highest BCUT2D eigenvalue weighted by Gasteiger charge is 2.11. The Morgan fingerprint density at radius 3 is 2.62 bits per heavy atom. The van der Waals surface area contributed by atoms with Crippen LogP contribution in [0.5, 0.6) is 0 Å². The summed E-state index contributed by atoms with van der Waals surface area (Å²) in [4.78, 5) is 12.6. The van der Waals surface area contributed by atoms with E-state index in [1.54, 1.807) is 12.1 Å². The fourth-order valence-electron chi connectivity index (χ4n) is 2.83. The van der Waals surface area contributed by atoms with E-state index in [0.29, 0.717) is 28.6 Å². The first-order valence-electron chi connectivity index (χ1n) is 8.18. The number of aromatic nitrogens is 1. The molecule has 0 spiro atoms. The Morgan fingerprint density at radius 2 is 1.77 bits per heavy atom. The van der Waals surface area contributed by atoms with Crippen molar-refractivity contribution >= 4 is 28.3 Å². The average molecular weight is 363 g/mol. The summed E-state index contributed by atoms with van der Waals surface area (Å²) >= 11 is 5.89. The zero-order valence-corrected chi connectivity index (χ0v) is 14.5. The number of hydrogen-bond acceptors (Lipinski definition) is 3. The number of fused-ring (bicyclic) bond motifs is 1. The van der Waals surface area contributed by atoms with Gasteiger partial charge in [-0.1, -0.05) is 53.2 Å². The largest absolute Gasteiger partial charge is 0.356 e. The van der Waals surface area contributed by atoms with Crippen molar-refractivity contribution in [3.63, 3.8) is 0 Å². The fraction of sp³-hybridized carbons (Fsp3) is 0.0476. The molecule has 0 aliphatic carbocycles. The highest BCUT2D eigenvalue weighted by atomic mass is 35.5. The molecule has 0 radical (unpaired) electrons. The van der Waals surface area contributed by atoms with E-state index in [0.717, 1.165) is 16.3 Å². The van der Waals surface area contributed by atoms with Crippen molar-refractivity contribution in [2.75, 3.05) is 0 Å². The summed E-state index contributed by atoms with van der Waals surface area (Å²) in [7, 11) is 0. The number of nitrogens with one attached hydrogen (secondary N) is 1. The second kappa shape index (κ2) is 7.02. The summed E-state index contributed by atoms with van der Waals surface area (Å²) in [6.07, 6.45) is 0. The molecule has 1 aromatic heterocycles. The molecule has 0 fully saturated rings. The normalized spacial score (nSPS) is 10.8. The van der Waals surface area contributed by atoms with Crippen molar-refractivity contribution in [3.8, 4) is 11.3 Å². The summed E-state index contributed by atoms with van der Waals surface area (Å²) in [6, 6.07) is 22.6. The maximum atomic E-state index is 12.6. The van der Waals surface area contributed by atoms with E-state index in [9.17, 15) is 4.79 Å². The molecule has 0 aliphatic heterocycles. The van der Waals surface area contributed by atoms with Gasteiger partial charge in [0.2, 0.25) is 0 Å². The van der Waals surface area contributed by atoms with Crippen molar-refractivity contribution in [3.05, 3.63) is 89.1 Å². The van der Waals surface area contributed by atoms with Crippen LogP contribution in [0.4, 0.5) is 0 Å². The van der Waals surface area contributed by atoms with E-state index < -0.39 is 0 Å². The Bertz CT molecular complexity index is 1070. The molecule has 1 amide bonds. The summed E-state index contributed by atoms with van der Waals surface area (Å²) in [5.74, 6) is 0.494. The van der Waals surface area contributed by atoms with Crippen LogP contribution in [0.15, 0.2) is 77.3 Å². The van der Waals surface area contributed by atoms with Crippen LogP contribution in [-0.2, 0) is 6.54 Å². The van der Waals surface area contributed by atoms with Crippen LogP contribution in [0.1, 0.15) is 16.1 Å². The number of hydrogen-bond donors (Lipinski definition) is 1. The maximum absolute atomic E-state index is 12.6. The van der Waals surface area contributed by atoms with Crippen LogP contribution >= 0.6 is 11.6 Å². The molecule has 0 saturated heterocycles. The lowest BCUT2D eigenvalue weighted by Gasteiger charge is -2.06. The maximum Gasteiger partial charge on any atom is 0.252 e. The molecule has 0 unspecified atom stereocenters. The first-order valence-corrected chi connectivity index (χ1v) is 8.56. The predicted molar refractivity (Wildman–Crippen MR) is 102 cm³/mol. The van der Waals surface area contributed by atoms with E-state index in [1.165, 1.54) is 0 Å². The molecule has 5 heteroatoms. The molecular formula is C21H15ClN2O2. The van der Waals surface area contributed by atoms with Gasteiger partial charge in [0.05, 0.1) is 6.54 Å². The van der Waals surface area contributed by atoms with Gasteiger partial charge in [0.15, 0.2) is 5.76 Å². The van der Waals surface area contributed by atoms with Crippen molar-refractivity contribution < 1.29 is 9.32 Å². The monoisotopic (exact) mass is 362 g/mol. The van der Waals surface area contributed by atoms with Crippen molar-refractivity contribution in [2.24, 2.45) is 0 Å². The lowest BCUT2D eigenvalue weighted by molar-refractivity contribution is 0.0951. The highest BCUT2D eigenvalue weighted by molar-refractivity contribution is 6.30. The van der Waals surface area contributed by atoms with Gasteiger partial charge in [-0.15, -0.1) is 0 Å². The lowest BCUT2D eigenvalue weighted by atomic mass is 10.0. The van der Waals surface area contributed by atoms with Gasteiger partial charge in [0, 0.05) is 22.2 Å². The van der Waals surface area contributed by atoms with Crippen LogP contribution in [-0.4, -0.2) is 11.1 Å². The Balaban J connectivity index is 1.49. The number of halogens is 1. The van der Waals surface area contributed by atoms with Crippen LogP contribution in [0.3, 0.4) is 0 Å². The Kier molecular flexibility index (Phi) is 4.42. The third-order valence-corrected chi connectivity index (χ3v) is 4.40. The molecule has 0 atom stereocenters. The van der Waals surface area contributed by atoms with E-state index >= 15 is 0 Å². The van der Waals surface area contributed by atoms with Crippen LogP contribution in [0.25, 0.3) is 22.1 Å². The Morgan fingerprint density at radius 1 is 1.00 bits per heavy atom. The molecule has 0 bridgehead atoms. The minimum Gasteiger partial charge on any atom is -0.356 e. The highest BCUT2D eigenvalue weighted by Crippen LogP contribution is 2.22. The molecule has 26 heavy (non-hydrogen) atoms. The number of carbonyl (C=O) groups excluding carboxylic acids is 1. The molecule has 128 valence electrons. The molecule has 1 heterocycles. The third kappa shape index (κ3) is 3.32. The zero-order valence-electron chi connectivity index (χ0n) is 13.8. The standard InChI is InChI=1S/C21H15ClN2O2/c22-16-10-8-15(9-11-16)20-12-17(24-26-20)13-23-21(25)19-7-3-5-14-4-1-2-6-18(14)19/h1-12H,13H2,(H,23,25). The van der Waals surface area contributed by atoms with Gasteiger partial charge in [-0.2, -0.15) is 0 Å². The van der Waals surface area contributed by atoms with E-state index in [2.05, 4.69) is 10.5 Å². The summed E-state index contributed by atoms with van der Waals surface area (Å²) in [6.45, 7) is 0.291. The summed E-state index contributed by atoms with van der Waals surface area (Å²) in [5.41, 5.74) is 2.18. The topological polar surface area (TPSA) is 55.1 Å². The van der Waals surface area contributed by atoms with E-state index in [4.69, 9.17) is 16.1 Å². The minimum atomic E-state index is -0.141. The minimum absolute atomic E-state index is 0.141. The van der Waals surface area contributed by atoms with Gasteiger partial charge in [-0.25, -0.2) is 0 Å². The van der Waals surface area contributed by atoms with Gasteiger partial charge in [-0.05, 0) is 41.1 Å². The summed E-state index contributed by atoms with van der Waals surface area (Å²) < 4.78 is 5.35. The Labute approximate surface area is 155 Å². The van der Waals surface area contributed by atoms with Crippen LogP contribution in [0.2, 0.25) is 5.02 Å². The SMILES string of the molecule is O=C(NCc1cc(-c2ccc(Cl)cc2)on1)c1cccc2ccccc12. The number of carbonyl (C=O) groups is 1. The number of rotatable bonds is 4. The average Bonchev–Trinajstić information content (AvgIpc) is 3.15. The first-order chi connectivity index (χ1) is 12.7. The molecular weight excluding hydrogens is 348 g/mol. The van der Waals surface area contributed by atoms with Crippen molar-refractivity contribution in [2.45, 2.75) is 6.54 Å². The van der Waals surface area contributed by atoms with Crippen LogP contribution in [0, 0.1) is 0 Å². The zero-order chi connectivity index (χ0) is 17.9. The van der Waals surface area contributed by atoms with Gasteiger partial charge in [0.1, 0.15) is 5.69 Å². The van der Waals surface area contributed by atoms with Gasteiger partial charge < -0.3 is 9.84 Å². The molecule has 3 aromatic carbocycles. The smallest absolute Gasteiger partial charge is 0.252 e.